The molecule has 0 aromatic heterocycles. The van der Waals surface area contributed by atoms with Crippen molar-refractivity contribution in [3.8, 4) is 11.5 Å². The number of thioether (sulfide) groups is 1. The zero-order valence-corrected chi connectivity index (χ0v) is 20.6. The first-order chi connectivity index (χ1) is 15.9. The largest absolute Gasteiger partial charge is 0.493 e. The normalized spacial score (nSPS) is 17.1. The number of esters is 1. The molecule has 0 saturated carbocycles. The minimum atomic E-state index is -0.392. The van der Waals surface area contributed by atoms with E-state index in [1.165, 1.54) is 11.8 Å². The number of methoxy groups -OCH3 is 1. The molecular formula is C24H22Cl2N2O4S. The second-order valence-electron chi connectivity index (χ2n) is 7.26. The molecule has 2 aliphatic rings. The third kappa shape index (κ3) is 4.86. The van der Waals surface area contributed by atoms with E-state index >= 15 is 0 Å². The zero-order valence-electron chi connectivity index (χ0n) is 18.3. The molecule has 0 N–H and O–H groups in total. The van der Waals surface area contributed by atoms with E-state index in [1.807, 2.05) is 47.7 Å². The standard InChI is InChI=1S/C24H22Cl2N2O4S/c1-4-31-23(29)21-14(2)27-24-28(9-10-33-24)22(21)15-6-8-19(20(11-15)30-3)32-13-16-5-7-17(25)12-18(16)26/h5-12,22H,4,13H2,1-3H3/t22-/m1/s1. The summed E-state index contributed by atoms with van der Waals surface area (Å²) in [5.74, 6) is 0.713. The van der Waals surface area contributed by atoms with Crippen LogP contribution in [0, 0.1) is 0 Å². The highest BCUT2D eigenvalue weighted by molar-refractivity contribution is 8.16. The Hall–Kier alpha value is -2.61. The maximum Gasteiger partial charge on any atom is 0.338 e. The average molecular weight is 505 g/mol. The number of ether oxygens (including phenoxy) is 3. The fourth-order valence-electron chi connectivity index (χ4n) is 3.67. The SMILES string of the molecule is CCOC(=O)C1=C(C)N=C2SC=CN2[C@@H]1c1ccc(OCc2ccc(Cl)cc2Cl)c(OC)c1. The number of hydrogen-bond acceptors (Lipinski definition) is 7. The van der Waals surface area contributed by atoms with Crippen LogP contribution >= 0.6 is 35.0 Å². The van der Waals surface area contributed by atoms with Crippen LogP contribution in [-0.2, 0) is 16.1 Å². The lowest BCUT2D eigenvalue weighted by atomic mass is 9.94. The van der Waals surface area contributed by atoms with Crippen LogP contribution in [0.2, 0.25) is 10.0 Å². The van der Waals surface area contributed by atoms with Crippen molar-refractivity contribution < 1.29 is 19.0 Å². The van der Waals surface area contributed by atoms with E-state index in [2.05, 4.69) is 4.99 Å². The van der Waals surface area contributed by atoms with Gasteiger partial charge < -0.3 is 19.1 Å². The Bertz CT molecular complexity index is 1180. The van der Waals surface area contributed by atoms with Gasteiger partial charge in [0.25, 0.3) is 0 Å². The molecule has 9 heteroatoms. The molecule has 6 nitrogen and oxygen atoms in total. The Balaban J connectivity index is 1.66. The third-order valence-corrected chi connectivity index (χ3v) is 6.58. The predicted octanol–water partition coefficient (Wildman–Crippen LogP) is 6.35. The molecule has 172 valence electrons. The summed E-state index contributed by atoms with van der Waals surface area (Å²) in [5.41, 5.74) is 2.79. The van der Waals surface area contributed by atoms with E-state index in [1.54, 1.807) is 26.2 Å². The van der Waals surface area contributed by atoms with Crippen molar-refractivity contribution in [1.29, 1.82) is 0 Å². The van der Waals surface area contributed by atoms with Gasteiger partial charge in [-0.15, -0.1) is 0 Å². The topological polar surface area (TPSA) is 60.4 Å². The summed E-state index contributed by atoms with van der Waals surface area (Å²) in [6.07, 6.45) is 1.92. The van der Waals surface area contributed by atoms with Gasteiger partial charge in [-0.3, -0.25) is 0 Å². The number of rotatable bonds is 7. The van der Waals surface area contributed by atoms with Gasteiger partial charge in [-0.2, -0.15) is 0 Å². The Labute approximate surface area is 206 Å². The minimum absolute atomic E-state index is 0.254. The Morgan fingerprint density at radius 2 is 2.00 bits per heavy atom. The molecule has 1 atom stereocenters. The summed E-state index contributed by atoms with van der Waals surface area (Å²) >= 11 is 13.7. The number of fused-ring (bicyclic) bond motifs is 1. The van der Waals surface area contributed by atoms with E-state index in [4.69, 9.17) is 37.4 Å². The Morgan fingerprint density at radius 3 is 2.73 bits per heavy atom. The predicted molar refractivity (Wildman–Crippen MR) is 132 cm³/mol. The Kier molecular flexibility index (Phi) is 7.22. The number of carbonyl (C=O) groups excluding carboxylic acids is 1. The molecule has 4 rings (SSSR count). The van der Waals surface area contributed by atoms with Crippen molar-refractivity contribution >= 4 is 46.1 Å². The second kappa shape index (κ2) is 10.1. The summed E-state index contributed by atoms with van der Waals surface area (Å²) in [6.45, 7) is 4.15. The Morgan fingerprint density at radius 1 is 1.18 bits per heavy atom. The van der Waals surface area contributed by atoms with Gasteiger partial charge in [-0.1, -0.05) is 47.1 Å². The maximum atomic E-state index is 12.8. The number of amidine groups is 1. The van der Waals surface area contributed by atoms with Gasteiger partial charge in [-0.05, 0) is 49.1 Å². The summed E-state index contributed by atoms with van der Waals surface area (Å²) < 4.78 is 16.9. The molecule has 0 amide bonds. The van der Waals surface area contributed by atoms with E-state index in [-0.39, 0.29) is 19.2 Å². The zero-order chi connectivity index (χ0) is 23.5. The molecule has 0 fully saturated rings. The molecule has 0 spiro atoms. The van der Waals surface area contributed by atoms with Crippen molar-refractivity contribution in [3.05, 3.63) is 80.4 Å². The van der Waals surface area contributed by atoms with E-state index in [0.717, 1.165) is 16.3 Å². The monoisotopic (exact) mass is 504 g/mol. The number of hydrogen-bond donors (Lipinski definition) is 0. The molecule has 0 unspecified atom stereocenters. The molecule has 0 aliphatic carbocycles. The molecular weight excluding hydrogens is 483 g/mol. The van der Waals surface area contributed by atoms with Gasteiger partial charge in [0.05, 0.1) is 31.0 Å². The maximum absolute atomic E-state index is 12.8. The van der Waals surface area contributed by atoms with Crippen LogP contribution in [0.4, 0.5) is 0 Å². The van der Waals surface area contributed by atoms with E-state index in [9.17, 15) is 4.79 Å². The van der Waals surface area contributed by atoms with E-state index in [0.29, 0.717) is 32.8 Å². The molecule has 2 aliphatic heterocycles. The fraction of sp³-hybridized carbons (Fsp3) is 0.250. The number of halogens is 2. The molecule has 33 heavy (non-hydrogen) atoms. The highest BCUT2D eigenvalue weighted by Gasteiger charge is 2.37. The first-order valence-electron chi connectivity index (χ1n) is 10.3. The molecule has 2 aromatic rings. The van der Waals surface area contributed by atoms with Crippen LogP contribution in [0.3, 0.4) is 0 Å². The lowest BCUT2D eigenvalue weighted by Crippen LogP contribution is -2.34. The third-order valence-electron chi connectivity index (χ3n) is 5.22. The van der Waals surface area contributed by atoms with Gasteiger partial charge in [0.15, 0.2) is 16.7 Å². The molecule has 0 bridgehead atoms. The highest BCUT2D eigenvalue weighted by Crippen LogP contribution is 2.43. The van der Waals surface area contributed by atoms with Crippen molar-refractivity contribution in [2.45, 2.75) is 26.5 Å². The van der Waals surface area contributed by atoms with Gasteiger partial charge in [-0.25, -0.2) is 9.79 Å². The van der Waals surface area contributed by atoms with Gasteiger partial charge in [0.1, 0.15) is 6.61 Å². The van der Waals surface area contributed by atoms with Crippen molar-refractivity contribution in [2.24, 2.45) is 4.99 Å². The van der Waals surface area contributed by atoms with Crippen molar-refractivity contribution in [3.63, 3.8) is 0 Å². The average Bonchev–Trinajstić information content (AvgIpc) is 3.25. The minimum Gasteiger partial charge on any atom is -0.493 e. The van der Waals surface area contributed by atoms with Crippen LogP contribution in [0.25, 0.3) is 0 Å². The summed E-state index contributed by atoms with van der Waals surface area (Å²) in [4.78, 5) is 19.4. The van der Waals surface area contributed by atoms with Crippen molar-refractivity contribution in [2.75, 3.05) is 13.7 Å². The van der Waals surface area contributed by atoms with E-state index < -0.39 is 6.04 Å². The van der Waals surface area contributed by atoms with Crippen molar-refractivity contribution in [1.82, 2.24) is 4.90 Å². The summed E-state index contributed by atoms with van der Waals surface area (Å²) in [5, 5.41) is 3.85. The van der Waals surface area contributed by atoms with Crippen LogP contribution in [0.5, 0.6) is 11.5 Å². The number of nitrogens with zero attached hydrogens (tertiary/aromatic N) is 2. The smallest absolute Gasteiger partial charge is 0.338 e. The molecule has 2 aromatic carbocycles. The summed E-state index contributed by atoms with van der Waals surface area (Å²) in [6, 6.07) is 10.5. The first-order valence-corrected chi connectivity index (χ1v) is 11.9. The number of aliphatic imine (C=N–C) groups is 1. The first kappa shape index (κ1) is 23.5. The number of carbonyl (C=O) groups is 1. The highest BCUT2D eigenvalue weighted by atomic mass is 35.5. The quantitative estimate of drug-likeness (QED) is 0.409. The second-order valence-corrected chi connectivity index (χ2v) is 8.98. The number of benzene rings is 2. The van der Waals surface area contributed by atoms with Crippen LogP contribution < -0.4 is 9.47 Å². The van der Waals surface area contributed by atoms with Crippen LogP contribution in [0.1, 0.15) is 31.0 Å². The summed E-state index contributed by atoms with van der Waals surface area (Å²) in [7, 11) is 1.58. The van der Waals surface area contributed by atoms with Gasteiger partial charge >= 0.3 is 5.97 Å². The molecule has 0 saturated heterocycles. The van der Waals surface area contributed by atoms with Crippen LogP contribution in [0.15, 0.2) is 64.3 Å². The van der Waals surface area contributed by atoms with Crippen LogP contribution in [-0.4, -0.2) is 29.8 Å². The molecule has 2 heterocycles. The van der Waals surface area contributed by atoms with Gasteiger partial charge in [0, 0.05) is 21.8 Å². The lowest BCUT2D eigenvalue weighted by Gasteiger charge is -2.33. The fourth-order valence-corrected chi connectivity index (χ4v) is 4.92. The molecule has 0 radical (unpaired) electrons. The number of allylic oxidation sites excluding steroid dienone is 1. The lowest BCUT2D eigenvalue weighted by molar-refractivity contribution is -0.139. The van der Waals surface area contributed by atoms with Gasteiger partial charge in [0.2, 0.25) is 0 Å².